The van der Waals surface area contributed by atoms with Gasteiger partial charge in [-0.2, -0.15) is 19.9 Å². The van der Waals surface area contributed by atoms with Crippen molar-refractivity contribution in [3.05, 3.63) is 58.4 Å². The Hall–Kier alpha value is -5.04. The number of amides is 2. The number of aromatic nitrogens is 4. The summed E-state index contributed by atoms with van der Waals surface area (Å²) in [7, 11) is 4.31. The van der Waals surface area contributed by atoms with E-state index < -0.39 is 11.2 Å². The van der Waals surface area contributed by atoms with E-state index in [1.807, 2.05) is 41.5 Å². The van der Waals surface area contributed by atoms with Crippen LogP contribution in [0.2, 0.25) is 0 Å². The molecule has 2 atom stereocenters. The molecule has 2 unspecified atom stereocenters. The first kappa shape index (κ1) is 50.4. The molecule has 9 rings (SSSR count). The van der Waals surface area contributed by atoms with Crippen LogP contribution in [0.5, 0.6) is 12.0 Å². The maximum atomic E-state index is 12.6. The molecule has 0 bridgehead atoms. The summed E-state index contributed by atoms with van der Waals surface area (Å²) < 4.78 is 23.4. The number of hydrogen-bond donors (Lipinski definition) is 1. The lowest BCUT2D eigenvalue weighted by atomic mass is 10.0. The van der Waals surface area contributed by atoms with Crippen LogP contribution in [0.1, 0.15) is 95.3 Å². The van der Waals surface area contributed by atoms with Gasteiger partial charge in [-0.1, -0.05) is 30.3 Å². The van der Waals surface area contributed by atoms with Crippen LogP contribution in [0.25, 0.3) is 0 Å². The van der Waals surface area contributed by atoms with Crippen molar-refractivity contribution in [1.82, 2.24) is 49.8 Å². The highest BCUT2D eigenvalue weighted by Gasteiger charge is 2.33. The first-order valence-electron chi connectivity index (χ1n) is 25.4. The first-order chi connectivity index (χ1) is 33.0. The number of carbonyl (C=O) groups excluding carboxylic acids is 2. The number of nitrogens with one attached hydrogen (secondary N) is 1. The molecule has 3 aromatic rings. The van der Waals surface area contributed by atoms with Crippen molar-refractivity contribution in [2.45, 2.75) is 123 Å². The summed E-state index contributed by atoms with van der Waals surface area (Å²) in [6.45, 7) is 24.5. The van der Waals surface area contributed by atoms with Gasteiger partial charge in [0.15, 0.2) is 0 Å². The molecule has 0 aliphatic carbocycles. The van der Waals surface area contributed by atoms with E-state index in [2.05, 4.69) is 74.2 Å². The molecule has 0 radical (unpaired) electrons. The summed E-state index contributed by atoms with van der Waals surface area (Å²) in [4.78, 5) is 59.7. The highest BCUT2D eigenvalue weighted by atomic mass is 16.6. The zero-order chi connectivity index (χ0) is 48.7. The summed E-state index contributed by atoms with van der Waals surface area (Å²) in [5.74, 6) is 1.93. The number of nitrogens with zero attached hydrogens (tertiary/aromatic N) is 11. The second kappa shape index (κ2) is 22.4. The maximum Gasteiger partial charge on any atom is 0.410 e. The van der Waals surface area contributed by atoms with Gasteiger partial charge in [0.1, 0.15) is 36.1 Å². The molecule has 6 aliphatic heterocycles. The molecule has 2 amide bonds. The predicted molar refractivity (Wildman–Crippen MR) is 266 cm³/mol. The topological polar surface area (TPSA) is 157 Å². The normalized spacial score (nSPS) is 21.6. The monoisotopic (exact) mass is 955 g/mol. The lowest BCUT2D eigenvalue weighted by molar-refractivity contribution is 0.0230. The van der Waals surface area contributed by atoms with Crippen LogP contribution in [-0.4, -0.2) is 186 Å². The van der Waals surface area contributed by atoms with Crippen molar-refractivity contribution >= 4 is 23.8 Å². The van der Waals surface area contributed by atoms with Crippen LogP contribution in [-0.2, 0) is 41.9 Å². The summed E-state index contributed by atoms with van der Waals surface area (Å²) >= 11 is 0. The van der Waals surface area contributed by atoms with Gasteiger partial charge in [0.25, 0.3) is 0 Å². The molecule has 6 aliphatic rings. The van der Waals surface area contributed by atoms with Gasteiger partial charge in [0.05, 0.1) is 11.4 Å². The Bertz CT molecular complexity index is 2190. The fourth-order valence-corrected chi connectivity index (χ4v) is 9.96. The van der Waals surface area contributed by atoms with Gasteiger partial charge >= 0.3 is 24.2 Å². The maximum absolute atomic E-state index is 12.6. The Kier molecular flexibility index (Phi) is 16.3. The molecule has 8 heterocycles. The van der Waals surface area contributed by atoms with E-state index in [9.17, 15) is 9.59 Å². The van der Waals surface area contributed by atoms with Crippen LogP contribution < -0.4 is 24.6 Å². The molecule has 69 heavy (non-hydrogen) atoms. The average molecular weight is 955 g/mol. The van der Waals surface area contributed by atoms with Crippen molar-refractivity contribution in [2.24, 2.45) is 0 Å². The Morgan fingerprint density at radius 1 is 0.623 bits per heavy atom. The fourth-order valence-electron chi connectivity index (χ4n) is 9.96. The minimum absolute atomic E-state index is 0.245. The van der Waals surface area contributed by atoms with E-state index in [4.69, 9.17) is 38.9 Å². The predicted octanol–water partition coefficient (Wildman–Crippen LogP) is 5.22. The second-order valence-corrected chi connectivity index (χ2v) is 21.5. The molecule has 4 saturated heterocycles. The van der Waals surface area contributed by atoms with Crippen LogP contribution in [0.3, 0.4) is 0 Å². The number of ether oxygens (including phenoxy) is 4. The van der Waals surface area contributed by atoms with Crippen molar-refractivity contribution in [3.63, 3.8) is 0 Å². The highest BCUT2D eigenvalue weighted by Crippen LogP contribution is 2.32. The number of benzene rings is 1. The average Bonchev–Trinajstić information content (AvgIpc) is 3.95. The number of rotatable bonds is 10. The van der Waals surface area contributed by atoms with Crippen LogP contribution in [0.15, 0.2) is 30.3 Å². The molecule has 2 aromatic heterocycles. The number of likely N-dealkylation sites (tertiary alicyclic amines) is 2. The molecule has 18 nitrogen and oxygen atoms in total. The Morgan fingerprint density at radius 2 is 1.12 bits per heavy atom. The van der Waals surface area contributed by atoms with Crippen molar-refractivity contribution in [3.8, 4) is 12.0 Å². The molecule has 1 aromatic carbocycles. The largest absolute Gasteiger partial charge is 0.462 e. The lowest BCUT2D eigenvalue weighted by Gasteiger charge is -2.38. The molecule has 1 N–H and O–H groups in total. The standard InChI is InChI=1S/C29H42N6O3.C22H36N6O3/c1-29(2,3)38-28(36)35-17-15-34(16-18-35)26-24-12-14-33(19-22-9-6-5-7-10-22)20-25(24)30-27(31-26)37-21-23-11-8-13-32(23)4;1-22(2,3)31-21(29)28-12-10-27(11-13-28)19-17-7-8-23-14-18(17)24-20(25-19)30-15-16-6-5-9-26(16)4/h5-7,9-10,23H,8,11-21H2,1-4H3;16,23H,5-15H2,1-4H3. The third-order valence-electron chi connectivity index (χ3n) is 13.9. The summed E-state index contributed by atoms with van der Waals surface area (Å²) in [6, 6.07) is 12.4. The van der Waals surface area contributed by atoms with E-state index in [1.54, 1.807) is 9.80 Å². The van der Waals surface area contributed by atoms with E-state index in [1.165, 1.54) is 29.5 Å². The summed E-state index contributed by atoms with van der Waals surface area (Å²) in [6.07, 6.45) is 6.03. The zero-order valence-corrected chi connectivity index (χ0v) is 42.7. The number of piperazine rings is 2. The number of fused-ring (bicyclic) bond motifs is 2. The number of hydrogen-bond acceptors (Lipinski definition) is 16. The second-order valence-electron chi connectivity index (χ2n) is 21.5. The van der Waals surface area contributed by atoms with E-state index in [0.29, 0.717) is 76.6 Å². The molecule has 18 heteroatoms. The van der Waals surface area contributed by atoms with Gasteiger partial charge < -0.3 is 53.7 Å². The van der Waals surface area contributed by atoms with Gasteiger partial charge in [-0.05, 0) is 119 Å². The zero-order valence-electron chi connectivity index (χ0n) is 42.7. The van der Waals surface area contributed by atoms with Crippen molar-refractivity contribution in [1.29, 1.82) is 0 Å². The van der Waals surface area contributed by atoms with Crippen LogP contribution in [0.4, 0.5) is 21.2 Å². The number of likely N-dealkylation sites (N-methyl/N-ethyl adjacent to an activating group) is 2. The third kappa shape index (κ3) is 13.6. The SMILES string of the molecule is CN1CCCC1COc1nc2c(c(N3CCN(C(=O)OC(C)(C)C)CC3)n1)CCN(Cc1ccccc1)C2.CN1CCCC1COc1nc2c(c(N3CCN(C(=O)OC(C)(C)C)CC3)n1)CCNC2. The molecular formula is C51H78N12O6. The van der Waals surface area contributed by atoms with Crippen molar-refractivity contribution < 1.29 is 28.5 Å². The van der Waals surface area contributed by atoms with Crippen LogP contribution in [0, 0.1) is 0 Å². The molecule has 4 fully saturated rings. The minimum Gasteiger partial charge on any atom is -0.462 e. The number of anilines is 2. The summed E-state index contributed by atoms with van der Waals surface area (Å²) in [5, 5.41) is 3.40. The van der Waals surface area contributed by atoms with Gasteiger partial charge in [-0.25, -0.2) is 9.59 Å². The Labute approximate surface area is 410 Å². The lowest BCUT2D eigenvalue weighted by Crippen LogP contribution is -2.50. The Balaban J connectivity index is 0.000000190. The smallest absolute Gasteiger partial charge is 0.410 e. The highest BCUT2D eigenvalue weighted by molar-refractivity contribution is 5.69. The fraction of sp³-hybridized carbons (Fsp3) is 0.686. The van der Waals surface area contributed by atoms with Crippen LogP contribution >= 0.6 is 0 Å². The molecule has 0 spiro atoms. The van der Waals surface area contributed by atoms with Gasteiger partial charge in [-0.3, -0.25) is 4.90 Å². The number of carbonyl (C=O) groups is 2. The van der Waals surface area contributed by atoms with Gasteiger partial charge in [0.2, 0.25) is 0 Å². The van der Waals surface area contributed by atoms with E-state index in [0.717, 1.165) is 108 Å². The first-order valence-corrected chi connectivity index (χ1v) is 25.4. The van der Waals surface area contributed by atoms with Gasteiger partial charge in [0, 0.05) is 102 Å². The van der Waals surface area contributed by atoms with Gasteiger partial charge in [-0.15, -0.1) is 0 Å². The molecule has 378 valence electrons. The summed E-state index contributed by atoms with van der Waals surface area (Å²) in [5.41, 5.74) is 4.84. The van der Waals surface area contributed by atoms with Crippen molar-refractivity contribution in [2.75, 3.05) is 116 Å². The van der Waals surface area contributed by atoms with E-state index >= 15 is 0 Å². The van der Waals surface area contributed by atoms with E-state index in [-0.39, 0.29) is 12.2 Å². The molecular weight excluding hydrogens is 877 g/mol. The minimum atomic E-state index is -0.495. The quantitative estimate of drug-likeness (QED) is 0.282. The Morgan fingerprint density at radius 3 is 1.59 bits per heavy atom. The third-order valence-corrected chi connectivity index (χ3v) is 13.9. The molecule has 0 saturated carbocycles.